The molecule has 1 saturated carbocycles. The van der Waals surface area contributed by atoms with Gasteiger partial charge in [-0.05, 0) is 55.8 Å². The first-order valence-corrected chi connectivity index (χ1v) is 11.7. The van der Waals surface area contributed by atoms with Crippen LogP contribution in [0.15, 0.2) is 40.9 Å². The third kappa shape index (κ3) is 4.73. The molecule has 2 amide bonds. The number of anilines is 2. The van der Waals surface area contributed by atoms with Crippen LogP contribution in [0.25, 0.3) is 10.7 Å². The van der Waals surface area contributed by atoms with E-state index >= 15 is 0 Å². The molecule has 4 rings (SSSR count). The van der Waals surface area contributed by atoms with E-state index in [-0.39, 0.29) is 23.5 Å². The van der Waals surface area contributed by atoms with Gasteiger partial charge in [-0.3, -0.25) is 9.59 Å². The van der Waals surface area contributed by atoms with Crippen LogP contribution in [0.2, 0.25) is 0 Å². The zero-order valence-electron chi connectivity index (χ0n) is 16.8. The quantitative estimate of drug-likeness (QED) is 0.505. The molecule has 156 valence electrons. The molecule has 1 fully saturated rings. The highest BCUT2D eigenvalue weighted by Crippen LogP contribution is 2.31. The summed E-state index contributed by atoms with van der Waals surface area (Å²) in [5.74, 6) is 1.10. The number of hydrogen-bond donors (Lipinski definition) is 2. The third-order valence-electron chi connectivity index (χ3n) is 4.83. The summed E-state index contributed by atoms with van der Waals surface area (Å²) in [6.45, 7) is 4.69. The van der Waals surface area contributed by atoms with Gasteiger partial charge < -0.3 is 15.2 Å². The minimum atomic E-state index is -0.128. The molecular formula is C21H23N5O2S2. The number of benzene rings is 1. The van der Waals surface area contributed by atoms with Crippen LogP contribution >= 0.6 is 23.1 Å². The van der Waals surface area contributed by atoms with E-state index in [2.05, 4.69) is 20.8 Å². The molecule has 3 aromatic rings. The van der Waals surface area contributed by atoms with Gasteiger partial charge in [-0.25, -0.2) is 0 Å². The van der Waals surface area contributed by atoms with Crippen molar-refractivity contribution in [2.45, 2.75) is 38.4 Å². The summed E-state index contributed by atoms with van der Waals surface area (Å²) in [5, 5.41) is 17.1. The highest BCUT2D eigenvalue weighted by atomic mass is 32.2. The highest BCUT2D eigenvalue weighted by molar-refractivity contribution is 7.99. The molecular weight excluding hydrogens is 418 g/mol. The van der Waals surface area contributed by atoms with Crippen LogP contribution in [0, 0.1) is 12.8 Å². The Kier molecular flexibility index (Phi) is 6.19. The second kappa shape index (κ2) is 9.01. The Balaban J connectivity index is 1.39. The zero-order valence-corrected chi connectivity index (χ0v) is 18.5. The van der Waals surface area contributed by atoms with Gasteiger partial charge in [-0.2, -0.15) is 0 Å². The molecule has 0 bridgehead atoms. The maximum absolute atomic E-state index is 12.6. The average molecular weight is 442 g/mol. The van der Waals surface area contributed by atoms with Crippen molar-refractivity contribution in [2.75, 3.05) is 16.4 Å². The lowest BCUT2D eigenvalue weighted by atomic mass is 10.1. The topological polar surface area (TPSA) is 88.9 Å². The van der Waals surface area contributed by atoms with E-state index in [0.29, 0.717) is 11.4 Å². The lowest BCUT2D eigenvalue weighted by molar-refractivity contribution is -0.117. The van der Waals surface area contributed by atoms with E-state index in [1.165, 1.54) is 11.8 Å². The number of nitrogens with zero attached hydrogens (tertiary/aromatic N) is 3. The predicted octanol–water partition coefficient (Wildman–Crippen LogP) is 4.41. The standard InChI is InChI=1S/C21H23N5O2S2/c1-3-26-19(17-5-4-10-29-17)24-25-21(26)30-12-18(27)23-16-11-15(9-6-13(16)2)22-20(28)14-7-8-14/h4-6,9-11,14H,3,7-8,12H2,1-2H3,(H,22,28)(H,23,27). The van der Waals surface area contributed by atoms with E-state index in [1.807, 2.05) is 54.1 Å². The third-order valence-corrected chi connectivity index (χ3v) is 6.67. The van der Waals surface area contributed by atoms with Crippen LogP contribution < -0.4 is 10.6 Å². The first-order chi connectivity index (χ1) is 14.5. The van der Waals surface area contributed by atoms with Crippen LogP contribution in [0.5, 0.6) is 0 Å². The summed E-state index contributed by atoms with van der Waals surface area (Å²) in [4.78, 5) is 25.6. The maximum Gasteiger partial charge on any atom is 0.234 e. The van der Waals surface area contributed by atoms with Gasteiger partial charge in [0.05, 0.1) is 10.6 Å². The van der Waals surface area contributed by atoms with Gasteiger partial charge in [0.15, 0.2) is 11.0 Å². The summed E-state index contributed by atoms with van der Waals surface area (Å²) in [7, 11) is 0. The SMILES string of the molecule is CCn1c(SCC(=O)Nc2cc(NC(=O)C3CC3)ccc2C)nnc1-c1cccs1. The van der Waals surface area contributed by atoms with Crippen molar-refractivity contribution in [3.8, 4) is 10.7 Å². The van der Waals surface area contributed by atoms with Crippen LogP contribution in [-0.4, -0.2) is 32.3 Å². The summed E-state index contributed by atoms with van der Waals surface area (Å²) in [5.41, 5.74) is 2.34. The van der Waals surface area contributed by atoms with Crippen LogP contribution in [0.1, 0.15) is 25.3 Å². The average Bonchev–Trinajstić information content (AvgIpc) is 3.29. The fraction of sp³-hybridized carbons (Fsp3) is 0.333. The van der Waals surface area contributed by atoms with Crippen molar-refractivity contribution in [3.63, 3.8) is 0 Å². The van der Waals surface area contributed by atoms with Crippen molar-refractivity contribution in [1.29, 1.82) is 0 Å². The van der Waals surface area contributed by atoms with Crippen molar-refractivity contribution in [2.24, 2.45) is 5.92 Å². The lowest BCUT2D eigenvalue weighted by Gasteiger charge is -2.12. The molecule has 2 aromatic heterocycles. The molecule has 1 aliphatic rings. The normalized spacial score (nSPS) is 13.3. The van der Waals surface area contributed by atoms with E-state index in [9.17, 15) is 9.59 Å². The first kappa shape index (κ1) is 20.6. The highest BCUT2D eigenvalue weighted by Gasteiger charge is 2.29. The number of hydrogen-bond acceptors (Lipinski definition) is 6. The van der Waals surface area contributed by atoms with Gasteiger partial charge in [0, 0.05) is 23.8 Å². The van der Waals surface area contributed by atoms with E-state index in [1.54, 1.807) is 11.3 Å². The van der Waals surface area contributed by atoms with E-state index in [4.69, 9.17) is 0 Å². The van der Waals surface area contributed by atoms with Crippen LogP contribution in [0.4, 0.5) is 11.4 Å². The largest absolute Gasteiger partial charge is 0.326 e. The fourth-order valence-electron chi connectivity index (χ4n) is 3.01. The Morgan fingerprint density at radius 3 is 2.77 bits per heavy atom. The number of rotatable bonds is 8. The predicted molar refractivity (Wildman–Crippen MR) is 121 cm³/mol. The van der Waals surface area contributed by atoms with Crippen molar-refractivity contribution in [3.05, 3.63) is 41.3 Å². The monoisotopic (exact) mass is 441 g/mol. The van der Waals surface area contributed by atoms with Crippen LogP contribution in [-0.2, 0) is 16.1 Å². The molecule has 7 nitrogen and oxygen atoms in total. The van der Waals surface area contributed by atoms with Crippen LogP contribution in [0.3, 0.4) is 0 Å². The summed E-state index contributed by atoms with van der Waals surface area (Å²) >= 11 is 2.98. The summed E-state index contributed by atoms with van der Waals surface area (Å²) in [6.07, 6.45) is 1.91. The number of carbonyl (C=O) groups excluding carboxylic acids is 2. The molecule has 0 unspecified atom stereocenters. The maximum atomic E-state index is 12.6. The molecule has 0 saturated heterocycles. The Morgan fingerprint density at radius 1 is 1.23 bits per heavy atom. The Bertz CT molecular complexity index is 1060. The number of thioether (sulfide) groups is 1. The molecule has 0 spiro atoms. The number of thiophene rings is 1. The van der Waals surface area contributed by atoms with Crippen molar-refractivity contribution in [1.82, 2.24) is 14.8 Å². The van der Waals surface area contributed by atoms with Crippen molar-refractivity contribution < 1.29 is 9.59 Å². The van der Waals surface area contributed by atoms with Gasteiger partial charge in [0.2, 0.25) is 11.8 Å². The molecule has 9 heteroatoms. The molecule has 0 radical (unpaired) electrons. The Hall–Kier alpha value is -2.65. The lowest BCUT2D eigenvalue weighted by Crippen LogP contribution is -2.17. The fourth-order valence-corrected chi connectivity index (χ4v) is 4.53. The molecule has 0 aliphatic heterocycles. The molecule has 1 aliphatic carbocycles. The number of aryl methyl sites for hydroxylation is 1. The van der Waals surface area contributed by atoms with Gasteiger partial charge in [-0.1, -0.05) is 23.9 Å². The molecule has 2 N–H and O–H groups in total. The Labute approximate surface area is 183 Å². The summed E-state index contributed by atoms with van der Waals surface area (Å²) < 4.78 is 2.02. The molecule has 1 aromatic carbocycles. The number of carbonyl (C=O) groups is 2. The number of aromatic nitrogens is 3. The summed E-state index contributed by atoms with van der Waals surface area (Å²) in [6, 6.07) is 9.56. The number of nitrogens with one attached hydrogen (secondary N) is 2. The minimum Gasteiger partial charge on any atom is -0.326 e. The zero-order chi connectivity index (χ0) is 21.1. The van der Waals surface area contributed by atoms with Gasteiger partial charge in [-0.15, -0.1) is 21.5 Å². The minimum absolute atomic E-state index is 0.0483. The Morgan fingerprint density at radius 2 is 2.07 bits per heavy atom. The van der Waals surface area contributed by atoms with Gasteiger partial charge in [0.1, 0.15) is 0 Å². The first-order valence-electron chi connectivity index (χ1n) is 9.86. The smallest absolute Gasteiger partial charge is 0.234 e. The van der Waals surface area contributed by atoms with Gasteiger partial charge >= 0.3 is 0 Å². The second-order valence-electron chi connectivity index (χ2n) is 7.16. The molecule has 2 heterocycles. The van der Waals surface area contributed by atoms with Crippen molar-refractivity contribution >= 4 is 46.3 Å². The second-order valence-corrected chi connectivity index (χ2v) is 9.05. The van der Waals surface area contributed by atoms with E-state index < -0.39 is 0 Å². The van der Waals surface area contributed by atoms with Gasteiger partial charge in [0.25, 0.3) is 0 Å². The van der Waals surface area contributed by atoms with E-state index in [0.717, 1.165) is 40.8 Å². The molecule has 0 atom stereocenters. The molecule has 30 heavy (non-hydrogen) atoms. The number of amides is 2.